The van der Waals surface area contributed by atoms with Gasteiger partial charge in [-0.1, -0.05) is 0 Å². The Kier molecular flexibility index (Phi) is 4.19. The van der Waals surface area contributed by atoms with E-state index in [-0.39, 0.29) is 22.9 Å². The lowest BCUT2D eigenvalue weighted by Crippen LogP contribution is -2.41. The van der Waals surface area contributed by atoms with Crippen molar-refractivity contribution in [2.45, 2.75) is 51.4 Å². The average molecular weight is 340 g/mol. The van der Waals surface area contributed by atoms with E-state index in [1.165, 1.54) is 0 Å². The number of likely N-dealkylation sites (tertiary alicyclic amines) is 1. The number of hydrogen-bond donors (Lipinski definition) is 2. The summed E-state index contributed by atoms with van der Waals surface area (Å²) in [5, 5.41) is 0. The number of imidazole rings is 1. The van der Waals surface area contributed by atoms with Gasteiger partial charge in [-0.3, -0.25) is 9.59 Å². The van der Waals surface area contributed by atoms with Gasteiger partial charge in [-0.25, -0.2) is 4.98 Å². The summed E-state index contributed by atoms with van der Waals surface area (Å²) in [6.45, 7) is 3.29. The first-order valence-corrected chi connectivity index (χ1v) is 9.17. The van der Waals surface area contributed by atoms with Gasteiger partial charge < -0.3 is 14.9 Å². The molecule has 4 rings (SSSR count). The number of aryl methyl sites for hydroxylation is 3. The number of piperidine rings is 1. The number of nitrogens with one attached hydrogen (secondary N) is 2. The third-order valence-electron chi connectivity index (χ3n) is 5.39. The van der Waals surface area contributed by atoms with Crippen LogP contribution in [0.3, 0.4) is 0 Å². The number of aromatic amines is 2. The number of carbonyl (C=O) groups is 1. The normalized spacial score (nSPS) is 20.4. The number of hydrogen-bond acceptors (Lipinski definition) is 3. The highest BCUT2D eigenvalue weighted by Crippen LogP contribution is 2.26. The van der Waals surface area contributed by atoms with Crippen LogP contribution < -0.4 is 5.56 Å². The number of aromatic nitrogens is 3. The third-order valence-corrected chi connectivity index (χ3v) is 5.39. The number of fused-ring (bicyclic) bond motifs is 1. The Morgan fingerprint density at radius 3 is 2.88 bits per heavy atom. The van der Waals surface area contributed by atoms with E-state index in [1.807, 2.05) is 24.1 Å². The van der Waals surface area contributed by atoms with E-state index in [2.05, 4.69) is 15.0 Å². The summed E-state index contributed by atoms with van der Waals surface area (Å²) in [4.78, 5) is 37.8. The zero-order chi connectivity index (χ0) is 17.4. The Hall–Kier alpha value is -2.37. The molecular formula is C19H24N4O2. The van der Waals surface area contributed by atoms with Gasteiger partial charge in [-0.05, 0) is 57.1 Å². The Morgan fingerprint density at radius 2 is 2.08 bits per heavy atom. The average Bonchev–Trinajstić information content (AvgIpc) is 3.07. The molecule has 2 aliphatic rings. The van der Waals surface area contributed by atoms with Crippen molar-refractivity contribution in [2.75, 3.05) is 13.1 Å². The molecule has 0 saturated carbocycles. The minimum absolute atomic E-state index is 0.150. The highest BCUT2D eigenvalue weighted by Gasteiger charge is 2.29. The molecule has 3 heterocycles. The number of amides is 1. The highest BCUT2D eigenvalue weighted by molar-refractivity contribution is 5.94. The van der Waals surface area contributed by atoms with Crippen LogP contribution >= 0.6 is 0 Å². The fourth-order valence-corrected chi connectivity index (χ4v) is 4.03. The summed E-state index contributed by atoms with van der Waals surface area (Å²) in [7, 11) is 0. The standard InChI is InChI=1S/C19H24N4O2/c1-12-10-20-17(21-12)14-6-4-8-23(11-14)19(25)15-9-13-5-2-3-7-16(13)22-18(15)24/h9-10,14H,2-8,11H2,1H3,(H,20,21)(H,22,24)/t14-/m1/s1. The fourth-order valence-electron chi connectivity index (χ4n) is 4.03. The van der Waals surface area contributed by atoms with E-state index in [4.69, 9.17) is 0 Å². The number of rotatable bonds is 2. The monoisotopic (exact) mass is 340 g/mol. The molecule has 25 heavy (non-hydrogen) atoms. The Balaban J connectivity index is 1.57. The van der Waals surface area contributed by atoms with Gasteiger partial charge in [-0.2, -0.15) is 0 Å². The third kappa shape index (κ3) is 3.13. The van der Waals surface area contributed by atoms with Crippen molar-refractivity contribution in [2.24, 2.45) is 0 Å². The molecule has 0 aromatic carbocycles. The second kappa shape index (κ2) is 6.50. The lowest BCUT2D eigenvalue weighted by molar-refractivity contribution is 0.0702. The molecule has 6 nitrogen and oxygen atoms in total. The number of H-pyrrole nitrogens is 2. The Morgan fingerprint density at radius 1 is 1.24 bits per heavy atom. The quantitative estimate of drug-likeness (QED) is 0.880. The van der Waals surface area contributed by atoms with Crippen LogP contribution in [0.4, 0.5) is 0 Å². The zero-order valence-electron chi connectivity index (χ0n) is 14.6. The van der Waals surface area contributed by atoms with Crippen LogP contribution in [-0.4, -0.2) is 38.8 Å². The van der Waals surface area contributed by atoms with Crippen molar-refractivity contribution >= 4 is 5.91 Å². The molecule has 132 valence electrons. The van der Waals surface area contributed by atoms with Crippen LogP contribution in [0.15, 0.2) is 17.1 Å². The molecule has 2 aromatic rings. The number of pyridine rings is 1. The van der Waals surface area contributed by atoms with E-state index < -0.39 is 0 Å². The minimum atomic E-state index is -0.249. The van der Waals surface area contributed by atoms with Crippen LogP contribution in [0.25, 0.3) is 0 Å². The molecule has 1 aliphatic carbocycles. The van der Waals surface area contributed by atoms with E-state index in [0.29, 0.717) is 13.1 Å². The van der Waals surface area contributed by atoms with Gasteiger partial charge in [0, 0.05) is 36.6 Å². The van der Waals surface area contributed by atoms with Crippen molar-refractivity contribution in [3.8, 4) is 0 Å². The maximum absolute atomic E-state index is 13.0. The van der Waals surface area contributed by atoms with Gasteiger partial charge in [0.25, 0.3) is 11.5 Å². The SMILES string of the molecule is Cc1cnc([C@@H]2CCCN(C(=O)c3cc4c([nH]c3=O)CCCC4)C2)[nH]1. The minimum Gasteiger partial charge on any atom is -0.346 e. The second-order valence-corrected chi connectivity index (χ2v) is 7.26. The summed E-state index contributed by atoms with van der Waals surface area (Å²) in [6.07, 6.45) is 7.84. The van der Waals surface area contributed by atoms with Crippen molar-refractivity contribution in [3.63, 3.8) is 0 Å². The fraction of sp³-hybridized carbons (Fsp3) is 0.526. The molecule has 0 spiro atoms. The second-order valence-electron chi connectivity index (χ2n) is 7.26. The topological polar surface area (TPSA) is 81.8 Å². The number of nitrogens with zero attached hydrogens (tertiary/aromatic N) is 2. The molecule has 1 fully saturated rings. The highest BCUT2D eigenvalue weighted by atomic mass is 16.2. The molecule has 2 aromatic heterocycles. The largest absolute Gasteiger partial charge is 0.346 e. The first-order valence-electron chi connectivity index (χ1n) is 9.17. The van der Waals surface area contributed by atoms with Crippen molar-refractivity contribution < 1.29 is 4.79 Å². The molecule has 0 unspecified atom stereocenters. The summed E-state index contributed by atoms with van der Waals surface area (Å²) >= 11 is 0. The van der Waals surface area contributed by atoms with Gasteiger partial charge in [0.15, 0.2) is 0 Å². The predicted molar refractivity (Wildman–Crippen MR) is 94.9 cm³/mol. The predicted octanol–water partition coefficient (Wildman–Crippen LogP) is 2.31. The molecule has 0 radical (unpaired) electrons. The molecule has 1 saturated heterocycles. The molecule has 6 heteroatoms. The first-order chi connectivity index (χ1) is 12.1. The van der Waals surface area contributed by atoms with Gasteiger partial charge in [0.05, 0.1) is 0 Å². The maximum Gasteiger partial charge on any atom is 0.261 e. The molecule has 2 N–H and O–H groups in total. The van der Waals surface area contributed by atoms with E-state index in [0.717, 1.165) is 61.3 Å². The summed E-state index contributed by atoms with van der Waals surface area (Å²) in [6, 6.07) is 1.83. The van der Waals surface area contributed by atoms with E-state index >= 15 is 0 Å². The summed E-state index contributed by atoms with van der Waals surface area (Å²) in [5.41, 5.74) is 3.21. The van der Waals surface area contributed by atoms with Crippen LogP contribution in [0.1, 0.15) is 64.7 Å². The summed E-state index contributed by atoms with van der Waals surface area (Å²) in [5.74, 6) is 1.00. The molecule has 1 atom stereocenters. The van der Waals surface area contributed by atoms with Gasteiger partial charge >= 0.3 is 0 Å². The first kappa shape index (κ1) is 16.1. The maximum atomic E-state index is 13.0. The van der Waals surface area contributed by atoms with Crippen LogP contribution in [0, 0.1) is 6.92 Å². The Bertz CT molecular complexity index is 851. The lowest BCUT2D eigenvalue weighted by Gasteiger charge is -2.32. The van der Waals surface area contributed by atoms with Crippen LogP contribution in [-0.2, 0) is 12.8 Å². The molecular weight excluding hydrogens is 316 g/mol. The zero-order valence-corrected chi connectivity index (χ0v) is 14.6. The number of carbonyl (C=O) groups excluding carboxylic acids is 1. The molecule has 0 bridgehead atoms. The van der Waals surface area contributed by atoms with Crippen molar-refractivity contribution in [1.82, 2.24) is 19.9 Å². The smallest absolute Gasteiger partial charge is 0.261 e. The Labute approximate surface area is 146 Å². The van der Waals surface area contributed by atoms with Gasteiger partial charge in [-0.15, -0.1) is 0 Å². The van der Waals surface area contributed by atoms with Crippen molar-refractivity contribution in [3.05, 3.63) is 51.0 Å². The van der Waals surface area contributed by atoms with E-state index in [1.54, 1.807) is 0 Å². The summed E-state index contributed by atoms with van der Waals surface area (Å²) < 4.78 is 0. The van der Waals surface area contributed by atoms with Crippen LogP contribution in [0.5, 0.6) is 0 Å². The molecule has 1 aliphatic heterocycles. The van der Waals surface area contributed by atoms with Gasteiger partial charge in [0.2, 0.25) is 0 Å². The van der Waals surface area contributed by atoms with Crippen molar-refractivity contribution in [1.29, 1.82) is 0 Å². The van der Waals surface area contributed by atoms with E-state index in [9.17, 15) is 9.59 Å². The lowest BCUT2D eigenvalue weighted by atomic mass is 9.94. The molecule has 1 amide bonds. The van der Waals surface area contributed by atoms with Crippen LogP contribution in [0.2, 0.25) is 0 Å². The van der Waals surface area contributed by atoms with Gasteiger partial charge in [0.1, 0.15) is 11.4 Å².